The molecule has 1 N–H and O–H groups in total. The molecule has 0 radical (unpaired) electrons. The highest BCUT2D eigenvalue weighted by Crippen LogP contribution is 2.15. The second-order valence-electron chi connectivity index (χ2n) is 5.04. The van der Waals surface area contributed by atoms with Crippen molar-refractivity contribution in [3.05, 3.63) is 66.4 Å². The number of rotatable bonds is 4. The van der Waals surface area contributed by atoms with E-state index in [1.165, 1.54) is 0 Å². The minimum absolute atomic E-state index is 0.298. The maximum Gasteiger partial charge on any atom is 0.277 e. The van der Waals surface area contributed by atoms with E-state index in [9.17, 15) is 4.79 Å². The number of nitrogens with zero attached hydrogens (tertiary/aromatic N) is 3. The predicted octanol–water partition coefficient (Wildman–Crippen LogP) is 2.84. The Labute approximate surface area is 133 Å². The summed E-state index contributed by atoms with van der Waals surface area (Å²) in [5.74, 6) is 0.977. The first-order chi connectivity index (χ1) is 11.2. The van der Waals surface area contributed by atoms with Gasteiger partial charge in [-0.1, -0.05) is 6.07 Å². The molecule has 1 aromatic carbocycles. The fraction of sp³-hybridized carbons (Fsp3) is 0.118. The molecule has 116 valence electrons. The Morgan fingerprint density at radius 1 is 1.13 bits per heavy atom. The first-order valence-corrected chi connectivity index (χ1v) is 7.08. The molecular formula is C17H16N4O2. The Kier molecular flexibility index (Phi) is 4.05. The molecule has 0 bridgehead atoms. The van der Waals surface area contributed by atoms with Gasteiger partial charge in [-0.25, -0.2) is 9.97 Å². The molecule has 0 unspecified atom stereocenters. The van der Waals surface area contributed by atoms with Crippen molar-refractivity contribution in [3.63, 3.8) is 0 Å². The van der Waals surface area contributed by atoms with Crippen LogP contribution in [0.4, 0.5) is 5.82 Å². The van der Waals surface area contributed by atoms with E-state index < -0.39 is 0 Å². The SMILES string of the molecule is COc1ccc(-n2cnc(C(=O)Nc3ccc(C)cn3)c2)cc1. The molecule has 0 spiro atoms. The molecule has 3 aromatic rings. The molecule has 1 amide bonds. The highest BCUT2D eigenvalue weighted by molar-refractivity contribution is 6.02. The number of pyridine rings is 1. The Hall–Kier alpha value is -3.15. The minimum Gasteiger partial charge on any atom is -0.497 e. The summed E-state index contributed by atoms with van der Waals surface area (Å²) in [5.41, 5.74) is 2.25. The number of methoxy groups -OCH3 is 1. The zero-order chi connectivity index (χ0) is 16.2. The highest BCUT2D eigenvalue weighted by atomic mass is 16.5. The van der Waals surface area contributed by atoms with Crippen LogP contribution < -0.4 is 10.1 Å². The number of hydrogen-bond acceptors (Lipinski definition) is 4. The van der Waals surface area contributed by atoms with Gasteiger partial charge in [0.15, 0.2) is 0 Å². The second-order valence-corrected chi connectivity index (χ2v) is 5.04. The zero-order valence-corrected chi connectivity index (χ0v) is 12.9. The standard InChI is InChI=1S/C17H16N4O2/c1-12-3-8-16(18-9-12)20-17(22)15-10-21(11-19-15)13-4-6-14(23-2)7-5-13/h3-11H,1-2H3,(H,18,20,22). The molecular weight excluding hydrogens is 292 g/mol. The maximum absolute atomic E-state index is 12.2. The summed E-state index contributed by atoms with van der Waals surface area (Å²) in [7, 11) is 1.62. The fourth-order valence-corrected chi connectivity index (χ4v) is 2.06. The van der Waals surface area contributed by atoms with Crippen molar-refractivity contribution in [1.29, 1.82) is 0 Å². The van der Waals surface area contributed by atoms with Gasteiger partial charge in [-0.05, 0) is 42.8 Å². The Morgan fingerprint density at radius 3 is 2.57 bits per heavy atom. The number of ether oxygens (including phenoxy) is 1. The van der Waals surface area contributed by atoms with Gasteiger partial charge in [0.2, 0.25) is 0 Å². The molecule has 0 aliphatic rings. The molecule has 3 rings (SSSR count). The van der Waals surface area contributed by atoms with Crippen LogP contribution in [0.3, 0.4) is 0 Å². The van der Waals surface area contributed by atoms with Crippen LogP contribution in [0, 0.1) is 6.92 Å². The first kappa shape index (κ1) is 14.8. The van der Waals surface area contributed by atoms with E-state index in [2.05, 4.69) is 15.3 Å². The smallest absolute Gasteiger partial charge is 0.277 e. The predicted molar refractivity (Wildman–Crippen MR) is 87.0 cm³/mol. The number of anilines is 1. The lowest BCUT2D eigenvalue weighted by molar-refractivity contribution is 0.102. The maximum atomic E-state index is 12.2. The van der Waals surface area contributed by atoms with Crippen LogP contribution in [0.15, 0.2) is 55.1 Å². The third-order valence-corrected chi connectivity index (χ3v) is 3.34. The molecule has 0 aliphatic carbocycles. The number of carbonyl (C=O) groups excluding carboxylic acids is 1. The van der Waals surface area contributed by atoms with Crippen molar-refractivity contribution < 1.29 is 9.53 Å². The highest BCUT2D eigenvalue weighted by Gasteiger charge is 2.11. The third-order valence-electron chi connectivity index (χ3n) is 3.34. The summed E-state index contributed by atoms with van der Waals surface area (Å²) in [5, 5.41) is 2.72. The van der Waals surface area contributed by atoms with Crippen LogP contribution in [0.2, 0.25) is 0 Å². The van der Waals surface area contributed by atoms with E-state index in [-0.39, 0.29) is 5.91 Å². The molecule has 0 atom stereocenters. The monoisotopic (exact) mass is 308 g/mol. The van der Waals surface area contributed by atoms with E-state index in [0.717, 1.165) is 17.0 Å². The van der Waals surface area contributed by atoms with Crippen molar-refractivity contribution in [2.75, 3.05) is 12.4 Å². The Morgan fingerprint density at radius 2 is 1.91 bits per heavy atom. The molecule has 0 aliphatic heterocycles. The lowest BCUT2D eigenvalue weighted by Crippen LogP contribution is -2.13. The zero-order valence-electron chi connectivity index (χ0n) is 12.9. The van der Waals surface area contributed by atoms with Gasteiger partial charge in [0.25, 0.3) is 5.91 Å². The Balaban J connectivity index is 1.75. The average molecular weight is 308 g/mol. The largest absolute Gasteiger partial charge is 0.497 e. The van der Waals surface area contributed by atoms with Gasteiger partial charge in [-0.3, -0.25) is 4.79 Å². The van der Waals surface area contributed by atoms with Crippen LogP contribution in [0.5, 0.6) is 5.75 Å². The first-order valence-electron chi connectivity index (χ1n) is 7.08. The van der Waals surface area contributed by atoms with E-state index in [0.29, 0.717) is 11.5 Å². The van der Waals surface area contributed by atoms with Crippen LogP contribution in [-0.2, 0) is 0 Å². The quantitative estimate of drug-likeness (QED) is 0.804. The number of aryl methyl sites for hydroxylation is 1. The van der Waals surface area contributed by atoms with Crippen LogP contribution in [0.25, 0.3) is 5.69 Å². The van der Waals surface area contributed by atoms with Crippen molar-refractivity contribution in [1.82, 2.24) is 14.5 Å². The van der Waals surface area contributed by atoms with Crippen molar-refractivity contribution in [3.8, 4) is 11.4 Å². The summed E-state index contributed by atoms with van der Waals surface area (Å²) in [6, 6.07) is 11.1. The van der Waals surface area contributed by atoms with Gasteiger partial charge in [-0.15, -0.1) is 0 Å². The molecule has 0 fully saturated rings. The van der Waals surface area contributed by atoms with E-state index in [1.807, 2.05) is 37.3 Å². The van der Waals surface area contributed by atoms with Crippen molar-refractivity contribution >= 4 is 11.7 Å². The number of hydrogen-bond donors (Lipinski definition) is 1. The summed E-state index contributed by atoms with van der Waals surface area (Å²) in [6.45, 7) is 1.94. The summed E-state index contributed by atoms with van der Waals surface area (Å²) in [4.78, 5) is 20.5. The van der Waals surface area contributed by atoms with Gasteiger partial charge in [0.1, 0.15) is 23.6 Å². The molecule has 6 nitrogen and oxygen atoms in total. The lowest BCUT2D eigenvalue weighted by atomic mass is 10.3. The number of carbonyl (C=O) groups is 1. The van der Waals surface area contributed by atoms with Crippen LogP contribution in [0.1, 0.15) is 16.1 Å². The van der Waals surface area contributed by atoms with Crippen molar-refractivity contribution in [2.45, 2.75) is 6.92 Å². The molecule has 0 saturated carbocycles. The average Bonchev–Trinajstić information content (AvgIpc) is 3.07. The van der Waals surface area contributed by atoms with Gasteiger partial charge >= 0.3 is 0 Å². The fourth-order valence-electron chi connectivity index (χ4n) is 2.06. The van der Waals surface area contributed by atoms with Gasteiger partial charge in [-0.2, -0.15) is 0 Å². The lowest BCUT2D eigenvalue weighted by Gasteiger charge is -2.04. The molecule has 6 heteroatoms. The van der Waals surface area contributed by atoms with Gasteiger partial charge in [0.05, 0.1) is 7.11 Å². The van der Waals surface area contributed by atoms with Gasteiger partial charge in [0, 0.05) is 18.1 Å². The van der Waals surface area contributed by atoms with Gasteiger partial charge < -0.3 is 14.6 Å². The number of benzene rings is 1. The normalized spacial score (nSPS) is 10.3. The van der Waals surface area contributed by atoms with E-state index in [4.69, 9.17) is 4.74 Å². The minimum atomic E-state index is -0.298. The number of aromatic nitrogens is 3. The summed E-state index contributed by atoms with van der Waals surface area (Å²) >= 11 is 0. The Bertz CT molecular complexity index is 807. The van der Waals surface area contributed by atoms with Crippen LogP contribution in [-0.4, -0.2) is 27.6 Å². The topological polar surface area (TPSA) is 69.0 Å². The van der Waals surface area contributed by atoms with Crippen molar-refractivity contribution in [2.24, 2.45) is 0 Å². The van der Waals surface area contributed by atoms with E-state index >= 15 is 0 Å². The second kappa shape index (κ2) is 6.31. The molecule has 2 aromatic heterocycles. The summed E-state index contributed by atoms with van der Waals surface area (Å²) in [6.07, 6.45) is 4.97. The number of nitrogens with one attached hydrogen (secondary N) is 1. The van der Waals surface area contributed by atoms with E-state index in [1.54, 1.807) is 36.5 Å². The number of amides is 1. The third kappa shape index (κ3) is 3.37. The number of imidazole rings is 1. The molecule has 23 heavy (non-hydrogen) atoms. The molecule has 2 heterocycles. The van der Waals surface area contributed by atoms with Crippen LogP contribution >= 0.6 is 0 Å². The summed E-state index contributed by atoms with van der Waals surface area (Å²) < 4.78 is 6.90. The molecule has 0 saturated heterocycles.